The van der Waals surface area contributed by atoms with E-state index in [1.54, 1.807) is 7.11 Å². The van der Waals surface area contributed by atoms with Crippen molar-refractivity contribution in [3.8, 4) is 5.75 Å². The van der Waals surface area contributed by atoms with E-state index in [0.717, 1.165) is 21.9 Å². The van der Waals surface area contributed by atoms with Gasteiger partial charge in [0.1, 0.15) is 10.6 Å². The zero-order valence-corrected chi connectivity index (χ0v) is 12.9. The number of rotatable bonds is 5. The van der Waals surface area contributed by atoms with E-state index >= 15 is 0 Å². The van der Waals surface area contributed by atoms with E-state index in [2.05, 4.69) is 30.6 Å². The molecule has 0 radical (unpaired) electrons. The number of hydrogen-bond donors (Lipinski definition) is 1. The number of hydrogen-bond acceptors (Lipinski definition) is 5. The third kappa shape index (κ3) is 3.42. The lowest BCUT2D eigenvalue weighted by Crippen LogP contribution is -2.17. The largest absolute Gasteiger partial charge is 0.497 e. The van der Waals surface area contributed by atoms with Gasteiger partial charge in [-0.3, -0.25) is 4.79 Å². The molecule has 0 bridgehead atoms. The molecule has 0 amide bonds. The van der Waals surface area contributed by atoms with E-state index in [-0.39, 0.29) is 10.8 Å². The third-order valence-electron chi connectivity index (χ3n) is 2.49. The normalized spacial score (nSPS) is 12.4. The van der Waals surface area contributed by atoms with Gasteiger partial charge in [0.05, 0.1) is 25.3 Å². The molecule has 2 rings (SSSR count). The van der Waals surface area contributed by atoms with E-state index in [0.29, 0.717) is 5.75 Å². The molecule has 1 N–H and O–H groups in total. The maximum absolute atomic E-state index is 11.3. The summed E-state index contributed by atoms with van der Waals surface area (Å²) >= 11 is 4.73. The molecule has 1 unspecified atom stereocenters. The molecule has 5 nitrogen and oxygen atoms in total. The summed E-state index contributed by atoms with van der Waals surface area (Å²) in [6.07, 6.45) is 0. The highest BCUT2D eigenvalue weighted by Crippen LogP contribution is 2.24. The number of methoxy groups -OCH3 is 2. The van der Waals surface area contributed by atoms with Crippen LogP contribution in [-0.2, 0) is 9.53 Å². The summed E-state index contributed by atoms with van der Waals surface area (Å²) in [6, 6.07) is 5.64. The zero-order valence-electron chi connectivity index (χ0n) is 10.5. The highest BCUT2D eigenvalue weighted by molar-refractivity contribution is 9.10. The smallest absolute Gasteiger partial charge is 0.320 e. The van der Waals surface area contributed by atoms with Crippen LogP contribution in [0.15, 0.2) is 23.4 Å². The van der Waals surface area contributed by atoms with Crippen LogP contribution in [0.5, 0.6) is 5.75 Å². The molecule has 1 heterocycles. The average molecular weight is 345 g/mol. The van der Waals surface area contributed by atoms with Gasteiger partial charge >= 0.3 is 5.97 Å². The van der Waals surface area contributed by atoms with Crippen molar-refractivity contribution < 1.29 is 14.3 Å². The molecule has 1 atom stereocenters. The predicted octanol–water partition coefficient (Wildman–Crippen LogP) is 2.60. The van der Waals surface area contributed by atoms with E-state index < -0.39 is 0 Å². The fraction of sp³-hybridized carbons (Fsp3) is 0.333. The molecule has 102 valence electrons. The lowest BCUT2D eigenvalue weighted by molar-refractivity contribution is -0.139. The van der Waals surface area contributed by atoms with E-state index in [4.69, 9.17) is 4.74 Å². The van der Waals surface area contributed by atoms with Gasteiger partial charge in [0.2, 0.25) is 0 Å². The summed E-state index contributed by atoms with van der Waals surface area (Å²) in [4.78, 5) is 18.5. The molecule has 0 aliphatic heterocycles. The summed E-state index contributed by atoms with van der Waals surface area (Å²) in [5.74, 6) is 1.04. The Morgan fingerprint density at radius 1 is 1.53 bits per heavy atom. The molecule has 0 spiro atoms. The van der Waals surface area contributed by atoms with Crippen molar-refractivity contribution in [3.63, 3.8) is 0 Å². The summed E-state index contributed by atoms with van der Waals surface area (Å²) in [5.41, 5.74) is 1.78. The van der Waals surface area contributed by atoms with Crippen molar-refractivity contribution in [2.24, 2.45) is 0 Å². The predicted molar refractivity (Wildman–Crippen MR) is 78.1 cm³/mol. The highest BCUT2D eigenvalue weighted by atomic mass is 79.9. The van der Waals surface area contributed by atoms with Crippen LogP contribution in [0.2, 0.25) is 0 Å². The van der Waals surface area contributed by atoms with Gasteiger partial charge < -0.3 is 14.5 Å². The van der Waals surface area contributed by atoms with E-state index in [1.165, 1.54) is 18.9 Å². The molecule has 1 aromatic carbocycles. The lowest BCUT2D eigenvalue weighted by atomic mass is 10.3. The van der Waals surface area contributed by atoms with Crippen molar-refractivity contribution in [1.82, 2.24) is 9.97 Å². The number of alkyl halides is 1. The first kappa shape index (κ1) is 14.2. The van der Waals surface area contributed by atoms with Gasteiger partial charge in [-0.1, -0.05) is 27.7 Å². The average Bonchev–Trinajstić information content (AvgIpc) is 2.85. The summed E-state index contributed by atoms with van der Waals surface area (Å²) in [5, 5.41) is 0.761. The van der Waals surface area contributed by atoms with Gasteiger partial charge in [-0.15, -0.1) is 0 Å². The Morgan fingerprint density at radius 2 is 2.32 bits per heavy atom. The van der Waals surface area contributed by atoms with Gasteiger partial charge in [0, 0.05) is 11.8 Å². The molecular formula is C12H13BrN2O3S. The minimum atomic E-state index is -0.342. The molecule has 0 saturated heterocycles. The number of H-pyrrole nitrogens is 1. The Morgan fingerprint density at radius 3 is 3.00 bits per heavy atom. The Bertz CT molecular complexity index is 587. The number of aromatic nitrogens is 2. The zero-order chi connectivity index (χ0) is 13.8. The maximum atomic E-state index is 11.3. The first-order valence-corrected chi connectivity index (χ1v) is 7.42. The van der Waals surface area contributed by atoms with Gasteiger partial charge in [0.15, 0.2) is 5.16 Å². The standard InChI is InChI=1S/C12H13BrN2O3S/c1-17-7-3-4-9-10(5-7)15-12(14-9)19-6-8(13)11(16)18-2/h3-5,8H,6H2,1-2H3,(H,14,15). The van der Waals surface area contributed by atoms with Crippen molar-refractivity contribution in [3.05, 3.63) is 18.2 Å². The minimum Gasteiger partial charge on any atom is -0.497 e. The van der Waals surface area contributed by atoms with Crippen LogP contribution in [0.3, 0.4) is 0 Å². The number of nitrogens with zero attached hydrogens (tertiary/aromatic N) is 1. The molecule has 0 aliphatic rings. The van der Waals surface area contributed by atoms with Gasteiger partial charge in [-0.25, -0.2) is 4.98 Å². The van der Waals surface area contributed by atoms with Crippen molar-refractivity contribution in [1.29, 1.82) is 0 Å². The summed E-state index contributed by atoms with van der Waals surface area (Å²) in [6.45, 7) is 0. The highest BCUT2D eigenvalue weighted by Gasteiger charge is 2.16. The fourth-order valence-corrected chi connectivity index (χ4v) is 2.88. The molecule has 7 heteroatoms. The number of carbonyl (C=O) groups is 1. The first-order chi connectivity index (χ1) is 9.13. The number of halogens is 1. The van der Waals surface area contributed by atoms with Crippen LogP contribution in [0, 0.1) is 0 Å². The number of esters is 1. The number of thioether (sulfide) groups is 1. The van der Waals surface area contributed by atoms with Crippen molar-refractivity contribution in [2.75, 3.05) is 20.0 Å². The van der Waals surface area contributed by atoms with Crippen LogP contribution >= 0.6 is 27.7 Å². The van der Waals surface area contributed by atoms with Crippen LogP contribution in [-0.4, -0.2) is 40.7 Å². The topological polar surface area (TPSA) is 64.2 Å². The number of benzene rings is 1. The number of aromatic amines is 1. The Hall–Kier alpha value is -1.21. The Kier molecular flexibility index (Phi) is 4.71. The molecular weight excluding hydrogens is 332 g/mol. The molecule has 1 aromatic heterocycles. The van der Waals surface area contributed by atoms with E-state index in [1.807, 2.05) is 18.2 Å². The number of nitrogens with one attached hydrogen (secondary N) is 1. The van der Waals surface area contributed by atoms with Crippen LogP contribution in [0.4, 0.5) is 0 Å². The number of fused-ring (bicyclic) bond motifs is 1. The number of carbonyl (C=O) groups excluding carboxylic acids is 1. The molecule has 19 heavy (non-hydrogen) atoms. The van der Waals surface area contributed by atoms with Crippen molar-refractivity contribution >= 4 is 44.7 Å². The molecule has 2 aromatic rings. The van der Waals surface area contributed by atoms with Crippen LogP contribution in [0.1, 0.15) is 0 Å². The van der Waals surface area contributed by atoms with Gasteiger partial charge in [-0.05, 0) is 12.1 Å². The minimum absolute atomic E-state index is 0.287. The fourth-order valence-electron chi connectivity index (χ4n) is 1.51. The van der Waals surface area contributed by atoms with Gasteiger partial charge in [0.25, 0.3) is 0 Å². The van der Waals surface area contributed by atoms with Gasteiger partial charge in [-0.2, -0.15) is 0 Å². The lowest BCUT2D eigenvalue weighted by Gasteiger charge is -2.04. The first-order valence-electron chi connectivity index (χ1n) is 5.52. The summed E-state index contributed by atoms with van der Waals surface area (Å²) in [7, 11) is 2.99. The number of ether oxygens (including phenoxy) is 2. The second-order valence-electron chi connectivity index (χ2n) is 3.73. The molecule has 0 aliphatic carbocycles. The second kappa shape index (κ2) is 6.29. The number of imidazole rings is 1. The Labute approximate surface area is 123 Å². The molecule has 0 saturated carbocycles. The van der Waals surface area contributed by atoms with Crippen LogP contribution in [0.25, 0.3) is 11.0 Å². The SMILES string of the molecule is COC(=O)C(Br)CSc1nc2ccc(OC)cc2[nH]1. The monoisotopic (exact) mass is 344 g/mol. The Balaban J connectivity index is 2.07. The van der Waals surface area contributed by atoms with Crippen LogP contribution < -0.4 is 4.74 Å². The quantitative estimate of drug-likeness (QED) is 0.513. The second-order valence-corrected chi connectivity index (χ2v) is 5.84. The van der Waals surface area contributed by atoms with E-state index in [9.17, 15) is 4.79 Å². The molecule has 0 fully saturated rings. The van der Waals surface area contributed by atoms with Crippen molar-refractivity contribution in [2.45, 2.75) is 9.98 Å². The third-order valence-corrected chi connectivity index (χ3v) is 4.58. The maximum Gasteiger partial charge on any atom is 0.320 e. The summed E-state index contributed by atoms with van der Waals surface area (Å²) < 4.78 is 9.80.